The summed E-state index contributed by atoms with van der Waals surface area (Å²) in [6.07, 6.45) is 4.81. The maximum Gasteiger partial charge on any atom is 0.285 e. The Balaban J connectivity index is 2.61. The minimum atomic E-state index is -0.479. The molecule has 0 saturated heterocycles. The van der Waals surface area contributed by atoms with Crippen molar-refractivity contribution >= 4 is 6.02 Å². The Morgan fingerprint density at radius 2 is 2.55 bits per heavy atom. The lowest BCUT2D eigenvalue weighted by atomic mass is 10.4. The first-order valence-corrected chi connectivity index (χ1v) is 3.03. The van der Waals surface area contributed by atoms with Crippen molar-refractivity contribution in [1.82, 2.24) is 5.06 Å². The Bertz CT molecular complexity index is 222. The van der Waals surface area contributed by atoms with E-state index >= 15 is 0 Å². The quantitative estimate of drug-likeness (QED) is 0.414. The van der Waals surface area contributed by atoms with E-state index in [0.29, 0.717) is 5.06 Å². The highest BCUT2D eigenvalue weighted by Crippen LogP contribution is 2.08. The van der Waals surface area contributed by atoms with Crippen LogP contribution in [0.5, 0.6) is 0 Å². The minimum Gasteiger partial charge on any atom is -0.756 e. The van der Waals surface area contributed by atoms with Gasteiger partial charge in [0.25, 0.3) is 6.02 Å². The SMILES string of the molecule is N=C(N)OC1=CC=CCN1[O-]. The number of rotatable bonds is 1. The molecule has 1 heterocycles. The first kappa shape index (κ1) is 7.62. The summed E-state index contributed by atoms with van der Waals surface area (Å²) in [4.78, 5) is 0. The number of hydrogen-bond acceptors (Lipinski definition) is 4. The zero-order valence-corrected chi connectivity index (χ0v) is 5.78. The molecule has 0 spiro atoms. The standard InChI is InChI=1S/C6H8N3O2/c7-6(8)11-5-3-1-2-4-9(5)10/h1-3H,4H2,(H3,7,8)/q-1. The van der Waals surface area contributed by atoms with Crippen LogP contribution in [0.15, 0.2) is 24.1 Å². The maximum absolute atomic E-state index is 10.8. The van der Waals surface area contributed by atoms with Crippen LogP contribution in [0.3, 0.4) is 0 Å². The van der Waals surface area contributed by atoms with Crippen LogP contribution in [0.1, 0.15) is 0 Å². The number of allylic oxidation sites excluding steroid dienone is 2. The summed E-state index contributed by atoms with van der Waals surface area (Å²) in [5.74, 6) is 0.0556. The number of hydroxylamine groups is 2. The van der Waals surface area contributed by atoms with Gasteiger partial charge >= 0.3 is 0 Å². The van der Waals surface area contributed by atoms with E-state index < -0.39 is 6.02 Å². The molecule has 1 rings (SSSR count). The van der Waals surface area contributed by atoms with Gasteiger partial charge in [0.15, 0.2) is 5.88 Å². The second-order valence-electron chi connectivity index (χ2n) is 1.96. The van der Waals surface area contributed by atoms with Gasteiger partial charge in [-0.3, -0.25) is 5.41 Å². The van der Waals surface area contributed by atoms with Crippen molar-refractivity contribution in [3.63, 3.8) is 0 Å². The lowest BCUT2D eigenvalue weighted by molar-refractivity contribution is 0.269. The topological polar surface area (TPSA) is 85.4 Å². The van der Waals surface area contributed by atoms with Crippen molar-refractivity contribution in [3.8, 4) is 0 Å². The second-order valence-corrected chi connectivity index (χ2v) is 1.96. The molecule has 5 heteroatoms. The lowest BCUT2D eigenvalue weighted by Crippen LogP contribution is -2.24. The predicted octanol–water partition coefficient (Wildman–Crippen LogP) is 0.107. The lowest BCUT2D eigenvalue weighted by Gasteiger charge is -2.31. The first-order chi connectivity index (χ1) is 5.20. The van der Waals surface area contributed by atoms with Gasteiger partial charge in [-0.05, 0) is 6.08 Å². The zero-order valence-electron chi connectivity index (χ0n) is 5.78. The van der Waals surface area contributed by atoms with Crippen LogP contribution >= 0.6 is 0 Å². The predicted molar refractivity (Wildman–Crippen MR) is 40.3 cm³/mol. The molecule has 3 N–H and O–H groups in total. The molecule has 1 aliphatic rings. The molecule has 0 unspecified atom stereocenters. The average molecular weight is 154 g/mol. The van der Waals surface area contributed by atoms with Crippen molar-refractivity contribution in [1.29, 1.82) is 5.41 Å². The number of nitrogens with zero attached hydrogens (tertiary/aromatic N) is 1. The van der Waals surface area contributed by atoms with Gasteiger partial charge in [-0.15, -0.1) is 0 Å². The van der Waals surface area contributed by atoms with E-state index in [1.165, 1.54) is 6.08 Å². The molecule has 0 atom stereocenters. The van der Waals surface area contributed by atoms with E-state index in [-0.39, 0.29) is 12.4 Å². The Labute approximate surface area is 63.8 Å². The second kappa shape index (κ2) is 3.07. The van der Waals surface area contributed by atoms with Gasteiger partial charge in [0.05, 0.1) is 0 Å². The molecular weight excluding hydrogens is 146 g/mol. The van der Waals surface area contributed by atoms with Gasteiger partial charge in [-0.2, -0.15) is 0 Å². The Kier molecular flexibility index (Phi) is 2.12. The third-order valence-electron chi connectivity index (χ3n) is 1.11. The first-order valence-electron chi connectivity index (χ1n) is 3.03. The van der Waals surface area contributed by atoms with Crippen LogP contribution in [-0.2, 0) is 4.74 Å². The molecule has 11 heavy (non-hydrogen) atoms. The highest BCUT2D eigenvalue weighted by atomic mass is 16.6. The summed E-state index contributed by atoms with van der Waals surface area (Å²) in [6, 6.07) is -0.479. The summed E-state index contributed by atoms with van der Waals surface area (Å²) < 4.78 is 4.59. The minimum absolute atomic E-state index is 0.0556. The van der Waals surface area contributed by atoms with Crippen molar-refractivity contribution in [3.05, 3.63) is 29.3 Å². The Hall–Kier alpha value is -1.49. The van der Waals surface area contributed by atoms with Crippen LogP contribution in [0.4, 0.5) is 0 Å². The molecule has 0 radical (unpaired) electrons. The van der Waals surface area contributed by atoms with Crippen LogP contribution in [-0.4, -0.2) is 17.6 Å². The summed E-state index contributed by atoms with van der Waals surface area (Å²) in [5.41, 5.74) is 4.92. The molecule has 0 saturated carbocycles. The van der Waals surface area contributed by atoms with Gasteiger partial charge < -0.3 is 20.7 Å². The molecule has 0 bridgehead atoms. The van der Waals surface area contributed by atoms with Gasteiger partial charge in [0, 0.05) is 6.54 Å². The third kappa shape index (κ3) is 1.98. The monoisotopic (exact) mass is 154 g/mol. The molecule has 0 aromatic carbocycles. The normalized spacial score (nSPS) is 16.1. The average Bonchev–Trinajstić information content (AvgIpc) is 1.93. The Morgan fingerprint density at radius 1 is 1.82 bits per heavy atom. The van der Waals surface area contributed by atoms with Crippen LogP contribution < -0.4 is 5.73 Å². The van der Waals surface area contributed by atoms with Crippen LogP contribution in [0.2, 0.25) is 0 Å². The van der Waals surface area contributed by atoms with E-state index in [1.807, 2.05) is 0 Å². The largest absolute Gasteiger partial charge is 0.756 e. The van der Waals surface area contributed by atoms with Crippen molar-refractivity contribution in [2.75, 3.05) is 6.54 Å². The summed E-state index contributed by atoms with van der Waals surface area (Å²) in [6.45, 7) is 0.235. The summed E-state index contributed by atoms with van der Waals surface area (Å²) in [7, 11) is 0. The third-order valence-corrected chi connectivity index (χ3v) is 1.11. The summed E-state index contributed by atoms with van der Waals surface area (Å²) >= 11 is 0. The maximum atomic E-state index is 10.8. The van der Waals surface area contributed by atoms with E-state index in [9.17, 15) is 5.21 Å². The van der Waals surface area contributed by atoms with E-state index in [4.69, 9.17) is 11.1 Å². The molecule has 5 nitrogen and oxygen atoms in total. The fourth-order valence-electron chi connectivity index (χ4n) is 0.678. The molecule has 0 fully saturated rings. The molecule has 0 amide bonds. The molecule has 60 valence electrons. The van der Waals surface area contributed by atoms with E-state index in [0.717, 1.165) is 0 Å². The van der Waals surface area contributed by atoms with Crippen LogP contribution in [0, 0.1) is 10.6 Å². The number of hydrogen-bond donors (Lipinski definition) is 2. The fourth-order valence-corrected chi connectivity index (χ4v) is 0.678. The number of nitrogens with two attached hydrogens (primary N) is 1. The van der Waals surface area contributed by atoms with Gasteiger partial charge in [0.1, 0.15) is 0 Å². The van der Waals surface area contributed by atoms with Gasteiger partial charge in [-0.1, -0.05) is 12.2 Å². The molecule has 0 aromatic heterocycles. The smallest absolute Gasteiger partial charge is 0.285 e. The number of nitrogens with one attached hydrogen (secondary N) is 1. The zero-order chi connectivity index (χ0) is 8.27. The Morgan fingerprint density at radius 3 is 3.09 bits per heavy atom. The molecule has 0 aliphatic carbocycles. The van der Waals surface area contributed by atoms with Crippen molar-refractivity contribution in [2.24, 2.45) is 5.73 Å². The van der Waals surface area contributed by atoms with E-state index in [1.54, 1.807) is 12.2 Å². The number of ether oxygens (including phenoxy) is 1. The highest BCUT2D eigenvalue weighted by molar-refractivity contribution is 5.68. The van der Waals surface area contributed by atoms with Gasteiger partial charge in [-0.25, -0.2) is 0 Å². The molecule has 0 aromatic rings. The van der Waals surface area contributed by atoms with Gasteiger partial charge in [0.2, 0.25) is 0 Å². The molecule has 1 aliphatic heterocycles. The van der Waals surface area contributed by atoms with Crippen molar-refractivity contribution < 1.29 is 4.74 Å². The molecular formula is C6H8N3O2-. The highest BCUT2D eigenvalue weighted by Gasteiger charge is 2.02. The number of amidine groups is 1. The van der Waals surface area contributed by atoms with Crippen LogP contribution in [0.25, 0.3) is 0 Å². The summed E-state index contributed by atoms with van der Waals surface area (Å²) in [5, 5.41) is 18.2. The van der Waals surface area contributed by atoms with Crippen molar-refractivity contribution in [2.45, 2.75) is 0 Å². The van der Waals surface area contributed by atoms with E-state index in [2.05, 4.69) is 4.74 Å². The fraction of sp³-hybridized carbons (Fsp3) is 0.167.